The van der Waals surface area contributed by atoms with Crippen molar-refractivity contribution in [3.8, 4) is 0 Å². The van der Waals surface area contributed by atoms with Gasteiger partial charge in [0, 0.05) is 17.2 Å². The van der Waals surface area contributed by atoms with Crippen molar-refractivity contribution in [3.63, 3.8) is 0 Å². The summed E-state index contributed by atoms with van der Waals surface area (Å²) in [4.78, 5) is 15.0. The van der Waals surface area contributed by atoms with E-state index in [-0.39, 0.29) is 12.0 Å². The Labute approximate surface area is 191 Å². The van der Waals surface area contributed by atoms with E-state index in [0.717, 1.165) is 17.7 Å². The molecule has 0 saturated carbocycles. The van der Waals surface area contributed by atoms with E-state index >= 15 is 0 Å². The smallest absolute Gasteiger partial charge is 0.246 e. The molecule has 0 amide bonds. The van der Waals surface area contributed by atoms with Crippen LogP contribution >= 0.6 is 0 Å². The first-order valence-electron chi connectivity index (χ1n) is 10.9. The zero-order chi connectivity index (χ0) is 23.3. The van der Waals surface area contributed by atoms with Gasteiger partial charge in [0.1, 0.15) is 14.4 Å². The molecule has 0 aliphatic carbocycles. The molecule has 3 heterocycles. The fraction of sp³-hybridized carbons (Fsp3) is 0.417. The fourth-order valence-electron chi connectivity index (χ4n) is 3.52. The summed E-state index contributed by atoms with van der Waals surface area (Å²) in [6.07, 6.45) is 2.55. The minimum atomic E-state index is 0.0596. The minimum Gasteiger partial charge on any atom is -0.373 e. The third-order valence-corrected chi connectivity index (χ3v) is 5.32. The van der Waals surface area contributed by atoms with Crippen LogP contribution in [0.3, 0.4) is 0 Å². The number of rotatable bonds is 5. The Morgan fingerprint density at radius 3 is 2.66 bits per heavy atom. The lowest BCUT2D eigenvalue weighted by Crippen LogP contribution is -2.24. The molecule has 1 fully saturated rings. The van der Waals surface area contributed by atoms with Gasteiger partial charge in [0.2, 0.25) is 5.89 Å². The summed E-state index contributed by atoms with van der Waals surface area (Å²) in [5, 5.41) is 4.19. The molecule has 1 aromatic carbocycles. The molecule has 166 valence electrons. The van der Waals surface area contributed by atoms with Gasteiger partial charge in [-0.1, -0.05) is 55.4 Å². The van der Waals surface area contributed by atoms with Crippen molar-refractivity contribution >= 4 is 19.8 Å². The normalized spacial score (nSPS) is 21.1. The second-order valence-electron chi connectivity index (χ2n) is 7.73. The van der Waals surface area contributed by atoms with Crippen LogP contribution in [-0.2, 0) is 11.3 Å². The molecular formula is C24H30BN5O2. The molecule has 4 rings (SSSR count). The van der Waals surface area contributed by atoms with E-state index in [2.05, 4.69) is 57.9 Å². The van der Waals surface area contributed by atoms with Crippen LogP contribution in [0.5, 0.6) is 0 Å². The van der Waals surface area contributed by atoms with Gasteiger partial charge in [-0.2, -0.15) is 4.98 Å². The van der Waals surface area contributed by atoms with Crippen LogP contribution in [0.1, 0.15) is 69.0 Å². The first kappa shape index (κ1) is 23.7. The van der Waals surface area contributed by atoms with Gasteiger partial charge in [0.05, 0.1) is 19.0 Å². The molecule has 0 N–H and O–H groups in total. The van der Waals surface area contributed by atoms with Gasteiger partial charge in [-0.25, -0.2) is 9.98 Å². The summed E-state index contributed by atoms with van der Waals surface area (Å²) >= 11 is 0. The lowest BCUT2D eigenvalue weighted by molar-refractivity contribution is 0.110. The fourth-order valence-corrected chi connectivity index (χ4v) is 3.52. The van der Waals surface area contributed by atoms with E-state index in [0.29, 0.717) is 36.3 Å². The van der Waals surface area contributed by atoms with E-state index in [1.54, 1.807) is 13.3 Å². The molecule has 0 bridgehead atoms. The predicted octanol–water partition coefficient (Wildman–Crippen LogP) is 4.83. The van der Waals surface area contributed by atoms with E-state index < -0.39 is 0 Å². The number of aliphatic imine (C=N–C) groups is 2. The third kappa shape index (κ3) is 5.43. The Kier molecular flexibility index (Phi) is 7.80. The Morgan fingerprint density at radius 1 is 1.25 bits per heavy atom. The predicted molar refractivity (Wildman–Crippen MR) is 128 cm³/mol. The summed E-state index contributed by atoms with van der Waals surface area (Å²) in [5.74, 6) is 1.86. The Hall–Kier alpha value is -3.00. The van der Waals surface area contributed by atoms with Crippen molar-refractivity contribution < 1.29 is 9.26 Å². The maximum Gasteiger partial charge on any atom is 0.246 e. The maximum absolute atomic E-state index is 5.98. The molecule has 2 radical (unpaired) electrons. The SMILES string of the molecule is CC.[B]/C(C)=N/C1=C(C)C(=C)N(Cc2nc([C@@H]3CO[C@@H](c4ccc(C)cc4)C3)no2)C=N1. The molecular weight excluding hydrogens is 401 g/mol. The molecule has 0 spiro atoms. The lowest BCUT2D eigenvalue weighted by atomic mass is 9.99. The molecule has 2 atom stereocenters. The summed E-state index contributed by atoms with van der Waals surface area (Å²) in [6.45, 7) is 14.8. The summed E-state index contributed by atoms with van der Waals surface area (Å²) in [7, 11) is 5.66. The van der Waals surface area contributed by atoms with Gasteiger partial charge < -0.3 is 14.2 Å². The zero-order valence-corrected chi connectivity index (χ0v) is 19.5. The van der Waals surface area contributed by atoms with Crippen molar-refractivity contribution in [2.75, 3.05) is 6.61 Å². The number of hydrogen-bond acceptors (Lipinski definition) is 7. The highest BCUT2D eigenvalue weighted by atomic mass is 16.5. The number of aromatic nitrogens is 2. The standard InChI is InChI=1S/C22H24BN5O2.C2H6/c1-13-5-7-17(8-6-13)19-9-18(11-29-19)22-26-20(30-27-22)10-28-12-24-21(25-16(4)23)14(2)15(28)3;1-2/h5-8,12,18-19H,3,9-11H2,1-2,4H3;1-2H3/b25-16+;/t18-,19+;/m0./s1. The van der Waals surface area contributed by atoms with Gasteiger partial charge in [-0.15, -0.1) is 0 Å². The number of hydrogen-bond donors (Lipinski definition) is 0. The van der Waals surface area contributed by atoms with Crippen LogP contribution < -0.4 is 0 Å². The first-order chi connectivity index (χ1) is 15.4. The Balaban J connectivity index is 0.00000141. The third-order valence-electron chi connectivity index (χ3n) is 5.32. The molecule has 2 aliphatic heterocycles. The lowest BCUT2D eigenvalue weighted by Gasteiger charge is -2.24. The highest BCUT2D eigenvalue weighted by Crippen LogP contribution is 2.37. The van der Waals surface area contributed by atoms with Crippen molar-refractivity contribution in [1.82, 2.24) is 15.0 Å². The summed E-state index contributed by atoms with van der Waals surface area (Å²) in [6, 6.07) is 8.44. The van der Waals surface area contributed by atoms with Crippen LogP contribution in [0.4, 0.5) is 0 Å². The molecule has 1 saturated heterocycles. The van der Waals surface area contributed by atoms with E-state index in [1.807, 2.05) is 25.7 Å². The van der Waals surface area contributed by atoms with E-state index in [4.69, 9.17) is 17.1 Å². The van der Waals surface area contributed by atoms with Crippen LogP contribution in [-0.4, -0.2) is 41.4 Å². The van der Waals surface area contributed by atoms with E-state index in [9.17, 15) is 0 Å². The zero-order valence-electron chi connectivity index (χ0n) is 19.5. The van der Waals surface area contributed by atoms with Gasteiger partial charge in [-0.05, 0) is 38.4 Å². The topological polar surface area (TPSA) is 76.1 Å². The molecule has 7 nitrogen and oxygen atoms in total. The monoisotopic (exact) mass is 431 g/mol. The molecule has 8 heteroatoms. The quantitative estimate of drug-likeness (QED) is 0.501. The number of ether oxygens (including phenoxy) is 1. The van der Waals surface area contributed by atoms with Crippen molar-refractivity contribution in [3.05, 3.63) is 70.8 Å². The van der Waals surface area contributed by atoms with Gasteiger partial charge >= 0.3 is 0 Å². The van der Waals surface area contributed by atoms with Crippen LogP contribution in [0.15, 0.2) is 62.4 Å². The van der Waals surface area contributed by atoms with Gasteiger partial charge in [-0.3, -0.25) is 0 Å². The highest BCUT2D eigenvalue weighted by molar-refractivity contribution is 6.59. The van der Waals surface area contributed by atoms with Crippen LogP contribution in [0.25, 0.3) is 0 Å². The Bertz CT molecular complexity index is 1030. The molecule has 1 aromatic heterocycles. The molecule has 2 aromatic rings. The van der Waals surface area contributed by atoms with Gasteiger partial charge in [0.25, 0.3) is 0 Å². The largest absolute Gasteiger partial charge is 0.373 e. The van der Waals surface area contributed by atoms with E-state index in [1.165, 1.54) is 11.1 Å². The number of aryl methyl sites for hydroxylation is 1. The molecule has 32 heavy (non-hydrogen) atoms. The minimum absolute atomic E-state index is 0.0596. The number of allylic oxidation sites excluding steroid dienone is 1. The van der Waals surface area contributed by atoms with Gasteiger partial charge in [0.15, 0.2) is 11.6 Å². The van der Waals surface area contributed by atoms with Crippen molar-refractivity contribution in [2.45, 2.75) is 59.6 Å². The summed E-state index contributed by atoms with van der Waals surface area (Å²) < 4.78 is 11.5. The number of benzene rings is 1. The number of nitrogens with zero attached hydrogens (tertiary/aromatic N) is 5. The molecule has 0 unspecified atom stereocenters. The first-order valence-corrected chi connectivity index (χ1v) is 10.9. The van der Waals surface area contributed by atoms with Crippen molar-refractivity contribution in [1.29, 1.82) is 0 Å². The average molecular weight is 431 g/mol. The van der Waals surface area contributed by atoms with Crippen LogP contribution in [0.2, 0.25) is 0 Å². The maximum atomic E-state index is 5.98. The average Bonchev–Trinajstić information content (AvgIpc) is 3.45. The van der Waals surface area contributed by atoms with Crippen molar-refractivity contribution in [2.24, 2.45) is 9.98 Å². The molecule has 2 aliphatic rings. The second kappa shape index (κ2) is 10.5. The second-order valence-corrected chi connectivity index (χ2v) is 7.73. The summed E-state index contributed by atoms with van der Waals surface area (Å²) in [5.41, 5.74) is 4.50. The highest BCUT2D eigenvalue weighted by Gasteiger charge is 2.31. The Morgan fingerprint density at radius 2 is 1.97 bits per heavy atom. The van der Waals surface area contributed by atoms with Crippen LogP contribution in [0, 0.1) is 6.92 Å².